The highest BCUT2D eigenvalue weighted by atomic mass is 32.2. The van der Waals surface area contributed by atoms with Crippen molar-refractivity contribution in [1.29, 1.82) is 0 Å². The molecule has 1 aromatic carbocycles. The molecule has 5 nitrogen and oxygen atoms in total. The Morgan fingerprint density at radius 2 is 1.74 bits per heavy atom. The van der Waals surface area contributed by atoms with E-state index in [4.69, 9.17) is 0 Å². The first-order valence-electron chi connectivity index (χ1n) is 5.67. The van der Waals surface area contributed by atoms with Crippen LogP contribution >= 0.6 is 0 Å². The lowest BCUT2D eigenvalue weighted by Crippen LogP contribution is -2.12. The zero-order valence-corrected chi connectivity index (χ0v) is 10.7. The number of rotatable bonds is 3. The molecule has 0 fully saturated rings. The molecule has 0 aliphatic rings. The molecule has 0 spiro atoms. The monoisotopic (exact) mass is 273 g/mol. The lowest BCUT2D eigenvalue weighted by Gasteiger charge is -2.04. The van der Waals surface area contributed by atoms with Crippen LogP contribution in [0.1, 0.15) is 0 Å². The highest BCUT2D eigenvalue weighted by Gasteiger charge is 2.14. The molecule has 1 N–H and O–H groups in total. The molecule has 0 aliphatic heterocycles. The van der Waals surface area contributed by atoms with Crippen molar-refractivity contribution in [2.75, 3.05) is 4.72 Å². The van der Waals surface area contributed by atoms with Crippen molar-refractivity contribution in [2.24, 2.45) is 0 Å². The first-order valence-corrected chi connectivity index (χ1v) is 7.15. The minimum atomic E-state index is -3.59. The molecule has 19 heavy (non-hydrogen) atoms. The summed E-state index contributed by atoms with van der Waals surface area (Å²) in [5.74, 6) is 0.301. The number of anilines is 1. The lowest BCUT2D eigenvalue weighted by atomic mass is 10.4. The Kier molecular flexibility index (Phi) is 2.72. The van der Waals surface area contributed by atoms with Gasteiger partial charge in [0, 0.05) is 6.20 Å². The smallest absolute Gasteiger partial charge is 0.263 e. The van der Waals surface area contributed by atoms with Gasteiger partial charge in [0.25, 0.3) is 10.0 Å². The molecule has 0 radical (unpaired) electrons. The van der Waals surface area contributed by atoms with Gasteiger partial charge in [0.2, 0.25) is 0 Å². The molecule has 0 atom stereocenters. The Labute approximate surface area is 110 Å². The van der Waals surface area contributed by atoms with E-state index < -0.39 is 10.0 Å². The molecular weight excluding hydrogens is 262 g/mol. The maximum atomic E-state index is 12.1. The SMILES string of the molecule is O=S(=O)(Nc1cn2ccccc2n1)c1ccccc1. The van der Waals surface area contributed by atoms with Crippen LogP contribution in [0.25, 0.3) is 5.65 Å². The summed E-state index contributed by atoms with van der Waals surface area (Å²) in [4.78, 5) is 4.41. The number of benzene rings is 1. The van der Waals surface area contributed by atoms with E-state index in [1.165, 1.54) is 12.1 Å². The first-order chi connectivity index (χ1) is 9.15. The van der Waals surface area contributed by atoms with E-state index in [0.717, 1.165) is 0 Å². The summed E-state index contributed by atoms with van der Waals surface area (Å²) in [7, 11) is -3.59. The van der Waals surface area contributed by atoms with Crippen LogP contribution in [0.3, 0.4) is 0 Å². The van der Waals surface area contributed by atoms with Crippen LogP contribution in [0.2, 0.25) is 0 Å². The normalized spacial score (nSPS) is 11.6. The number of nitrogens with one attached hydrogen (secondary N) is 1. The van der Waals surface area contributed by atoms with Crippen LogP contribution < -0.4 is 4.72 Å². The lowest BCUT2D eigenvalue weighted by molar-refractivity contribution is 0.601. The van der Waals surface area contributed by atoms with Gasteiger partial charge in [0.15, 0.2) is 5.82 Å². The number of fused-ring (bicyclic) bond motifs is 1. The summed E-state index contributed by atoms with van der Waals surface area (Å²) in [6.07, 6.45) is 3.44. The standard InChI is InChI=1S/C13H11N3O2S/c17-19(18,11-6-2-1-3-7-11)15-12-10-16-9-5-4-8-13(16)14-12/h1-10,15H. The highest BCUT2D eigenvalue weighted by Crippen LogP contribution is 2.15. The Balaban J connectivity index is 1.97. The predicted molar refractivity (Wildman–Crippen MR) is 72.4 cm³/mol. The van der Waals surface area contributed by atoms with E-state index in [9.17, 15) is 8.42 Å². The van der Waals surface area contributed by atoms with Gasteiger partial charge in [-0.15, -0.1) is 0 Å². The third kappa shape index (κ3) is 2.30. The molecule has 0 saturated carbocycles. The van der Waals surface area contributed by atoms with Gasteiger partial charge in [-0.25, -0.2) is 13.4 Å². The predicted octanol–water partition coefficient (Wildman–Crippen LogP) is 2.14. The van der Waals surface area contributed by atoms with Crippen LogP contribution in [0.4, 0.5) is 5.82 Å². The second-order valence-corrected chi connectivity index (χ2v) is 5.69. The van der Waals surface area contributed by atoms with Crippen molar-refractivity contribution in [2.45, 2.75) is 4.90 Å². The summed E-state index contributed by atoms with van der Waals surface area (Å²) in [6.45, 7) is 0. The zero-order chi connectivity index (χ0) is 13.3. The molecule has 96 valence electrons. The molecule has 2 aromatic heterocycles. The van der Waals surface area contributed by atoms with E-state index in [-0.39, 0.29) is 4.90 Å². The van der Waals surface area contributed by atoms with Gasteiger partial charge in [-0.2, -0.15) is 0 Å². The third-order valence-electron chi connectivity index (χ3n) is 2.66. The Hall–Kier alpha value is -2.34. The maximum Gasteiger partial charge on any atom is 0.263 e. The van der Waals surface area contributed by atoms with Gasteiger partial charge >= 0.3 is 0 Å². The fraction of sp³-hybridized carbons (Fsp3) is 0. The third-order valence-corrected chi connectivity index (χ3v) is 4.03. The fourth-order valence-electron chi connectivity index (χ4n) is 1.78. The Morgan fingerprint density at radius 1 is 1.00 bits per heavy atom. The van der Waals surface area contributed by atoms with Gasteiger partial charge < -0.3 is 4.40 Å². The minimum Gasteiger partial charge on any atom is -0.305 e. The van der Waals surface area contributed by atoms with Gasteiger partial charge in [0.05, 0.1) is 11.1 Å². The molecular formula is C13H11N3O2S. The second kappa shape index (κ2) is 4.40. The van der Waals surface area contributed by atoms with Crippen LogP contribution in [0.5, 0.6) is 0 Å². The summed E-state index contributed by atoms with van der Waals surface area (Å²) in [5, 5.41) is 0. The molecule has 0 aliphatic carbocycles. The van der Waals surface area contributed by atoms with E-state index in [0.29, 0.717) is 11.5 Å². The highest BCUT2D eigenvalue weighted by molar-refractivity contribution is 7.92. The van der Waals surface area contributed by atoms with Gasteiger partial charge in [0.1, 0.15) is 5.65 Å². The Bertz CT molecular complexity index is 777. The largest absolute Gasteiger partial charge is 0.305 e. The topological polar surface area (TPSA) is 63.5 Å². The minimum absolute atomic E-state index is 0.215. The number of aromatic nitrogens is 2. The molecule has 0 amide bonds. The first kappa shape index (κ1) is 11.7. The molecule has 2 heterocycles. The van der Waals surface area contributed by atoms with Crippen LogP contribution in [-0.4, -0.2) is 17.8 Å². The zero-order valence-electron chi connectivity index (χ0n) is 9.89. The van der Waals surface area contributed by atoms with E-state index in [2.05, 4.69) is 9.71 Å². The maximum absolute atomic E-state index is 12.1. The molecule has 3 aromatic rings. The number of hydrogen-bond donors (Lipinski definition) is 1. The van der Waals surface area contributed by atoms with E-state index >= 15 is 0 Å². The fourth-order valence-corrected chi connectivity index (χ4v) is 2.79. The number of nitrogens with zero attached hydrogens (tertiary/aromatic N) is 2. The number of hydrogen-bond acceptors (Lipinski definition) is 3. The summed E-state index contributed by atoms with van der Waals surface area (Å²) < 4.78 is 28.5. The van der Waals surface area contributed by atoms with E-state index in [1.807, 2.05) is 18.3 Å². The quantitative estimate of drug-likeness (QED) is 0.795. The average Bonchev–Trinajstić information content (AvgIpc) is 2.81. The van der Waals surface area contributed by atoms with Gasteiger partial charge in [-0.05, 0) is 24.3 Å². The second-order valence-electron chi connectivity index (χ2n) is 4.01. The van der Waals surface area contributed by atoms with Crippen LogP contribution in [-0.2, 0) is 10.0 Å². The summed E-state index contributed by atoms with van der Waals surface area (Å²) >= 11 is 0. The molecule has 0 bridgehead atoms. The van der Waals surface area contributed by atoms with Crippen molar-refractivity contribution in [1.82, 2.24) is 9.38 Å². The number of pyridine rings is 1. The average molecular weight is 273 g/mol. The van der Waals surface area contributed by atoms with Crippen molar-refractivity contribution in [3.63, 3.8) is 0 Å². The van der Waals surface area contributed by atoms with Crippen LogP contribution in [0.15, 0.2) is 65.8 Å². The van der Waals surface area contributed by atoms with Crippen molar-refractivity contribution in [3.05, 3.63) is 60.9 Å². The van der Waals surface area contributed by atoms with Crippen LogP contribution in [0, 0.1) is 0 Å². The molecule has 0 saturated heterocycles. The number of sulfonamides is 1. The van der Waals surface area contributed by atoms with Crippen molar-refractivity contribution >= 4 is 21.5 Å². The summed E-state index contributed by atoms with van der Waals surface area (Å²) in [5.41, 5.74) is 0.688. The molecule has 0 unspecified atom stereocenters. The van der Waals surface area contributed by atoms with Gasteiger partial charge in [-0.1, -0.05) is 24.3 Å². The molecule has 3 rings (SSSR count). The van der Waals surface area contributed by atoms with Crippen molar-refractivity contribution in [3.8, 4) is 0 Å². The van der Waals surface area contributed by atoms with Crippen molar-refractivity contribution < 1.29 is 8.42 Å². The number of imidazole rings is 1. The van der Waals surface area contributed by atoms with E-state index in [1.54, 1.807) is 34.9 Å². The summed E-state index contributed by atoms with van der Waals surface area (Å²) in [6, 6.07) is 13.7. The Morgan fingerprint density at radius 3 is 2.47 bits per heavy atom. The molecule has 6 heteroatoms. The van der Waals surface area contributed by atoms with Gasteiger partial charge in [-0.3, -0.25) is 4.72 Å².